The zero-order valence-electron chi connectivity index (χ0n) is 12.3. The van der Waals surface area contributed by atoms with Crippen LogP contribution in [0.15, 0.2) is 41.6 Å². The summed E-state index contributed by atoms with van der Waals surface area (Å²) in [5.41, 5.74) is 6.63. The van der Waals surface area contributed by atoms with Gasteiger partial charge < -0.3 is 5.73 Å². The first-order chi connectivity index (χ1) is 10.5. The van der Waals surface area contributed by atoms with Crippen molar-refractivity contribution in [3.05, 3.63) is 47.1 Å². The molecule has 1 heterocycles. The number of aromatic nitrogens is 2. The quantitative estimate of drug-likeness (QED) is 0.821. The number of nitrogens with two attached hydrogens (primary N) is 1. The van der Waals surface area contributed by atoms with Crippen LogP contribution in [0, 0.1) is 0 Å². The number of halogens is 1. The molecule has 0 spiro atoms. The van der Waals surface area contributed by atoms with Crippen molar-refractivity contribution in [1.82, 2.24) is 14.1 Å². The highest BCUT2D eigenvalue weighted by atomic mass is 35.5. The summed E-state index contributed by atoms with van der Waals surface area (Å²) in [6, 6.07) is 9.70. The Morgan fingerprint density at radius 2 is 1.95 bits per heavy atom. The second-order valence-corrected chi connectivity index (χ2v) is 7.11. The number of sulfonamides is 1. The first-order valence-electron chi connectivity index (χ1n) is 6.88. The second-order valence-electron chi connectivity index (χ2n) is 4.85. The average molecular weight is 343 g/mol. The molecule has 0 bridgehead atoms. The summed E-state index contributed by atoms with van der Waals surface area (Å²) in [4.78, 5) is 0. The van der Waals surface area contributed by atoms with Crippen LogP contribution in [0.4, 0.5) is 0 Å². The summed E-state index contributed by atoms with van der Waals surface area (Å²) in [6.45, 7) is 0.811. The molecule has 6 nitrogen and oxygen atoms in total. The van der Waals surface area contributed by atoms with Gasteiger partial charge in [0, 0.05) is 26.7 Å². The number of nitrogens with zero attached hydrogens (tertiary/aromatic N) is 3. The van der Waals surface area contributed by atoms with Crippen LogP contribution in [-0.4, -0.2) is 42.1 Å². The maximum absolute atomic E-state index is 12.8. The molecule has 0 aliphatic heterocycles. The predicted octanol–water partition coefficient (Wildman–Crippen LogP) is 1.27. The maximum atomic E-state index is 12.8. The van der Waals surface area contributed by atoms with Crippen molar-refractivity contribution < 1.29 is 8.42 Å². The van der Waals surface area contributed by atoms with Gasteiger partial charge in [0.2, 0.25) is 0 Å². The van der Waals surface area contributed by atoms with Crippen LogP contribution >= 0.6 is 11.6 Å². The Morgan fingerprint density at radius 1 is 1.27 bits per heavy atom. The molecule has 0 atom stereocenters. The number of hydrogen-bond acceptors (Lipinski definition) is 4. The average Bonchev–Trinajstić information content (AvgIpc) is 2.84. The molecule has 0 unspecified atom stereocenters. The SMILES string of the molecule is Cn1ncc(Cl)c1S(=O)(=O)N(CCN)CCc1ccccc1. The molecule has 120 valence electrons. The van der Waals surface area contributed by atoms with Crippen molar-refractivity contribution in [2.45, 2.75) is 11.4 Å². The Bertz CT molecular complexity index is 696. The summed E-state index contributed by atoms with van der Waals surface area (Å²) >= 11 is 5.97. The van der Waals surface area contributed by atoms with Gasteiger partial charge >= 0.3 is 0 Å². The van der Waals surface area contributed by atoms with Crippen LogP contribution in [0.3, 0.4) is 0 Å². The van der Waals surface area contributed by atoms with Crippen LogP contribution in [0.5, 0.6) is 0 Å². The molecule has 0 saturated heterocycles. The van der Waals surface area contributed by atoms with Crippen LogP contribution < -0.4 is 5.73 Å². The van der Waals surface area contributed by atoms with E-state index in [-0.39, 0.29) is 23.1 Å². The highest BCUT2D eigenvalue weighted by molar-refractivity contribution is 7.89. The van der Waals surface area contributed by atoms with Crippen LogP contribution in [0.2, 0.25) is 5.02 Å². The number of aryl methyl sites for hydroxylation is 1. The summed E-state index contributed by atoms with van der Waals surface area (Å²) < 4.78 is 28.2. The summed E-state index contributed by atoms with van der Waals surface area (Å²) in [7, 11) is -2.18. The summed E-state index contributed by atoms with van der Waals surface area (Å²) in [5.74, 6) is 0. The first kappa shape index (κ1) is 17.0. The molecule has 2 N–H and O–H groups in total. The fourth-order valence-electron chi connectivity index (χ4n) is 2.21. The number of hydrogen-bond donors (Lipinski definition) is 1. The van der Waals surface area contributed by atoms with Gasteiger partial charge in [0.25, 0.3) is 10.0 Å². The lowest BCUT2D eigenvalue weighted by atomic mass is 10.1. The van der Waals surface area contributed by atoms with Gasteiger partial charge in [-0.05, 0) is 12.0 Å². The number of benzene rings is 1. The van der Waals surface area contributed by atoms with E-state index in [9.17, 15) is 8.42 Å². The molecule has 2 rings (SSSR count). The Balaban J connectivity index is 2.23. The van der Waals surface area contributed by atoms with Gasteiger partial charge in [-0.1, -0.05) is 41.9 Å². The maximum Gasteiger partial charge on any atom is 0.261 e. The highest BCUT2D eigenvalue weighted by Crippen LogP contribution is 2.23. The van der Waals surface area contributed by atoms with Gasteiger partial charge in [0.15, 0.2) is 5.03 Å². The summed E-state index contributed by atoms with van der Waals surface area (Å²) in [5, 5.41) is 4.00. The Hall–Kier alpha value is -1.41. The smallest absolute Gasteiger partial charge is 0.261 e. The lowest BCUT2D eigenvalue weighted by molar-refractivity contribution is 0.415. The second kappa shape index (κ2) is 7.23. The molecule has 0 aliphatic carbocycles. The minimum absolute atomic E-state index is 0.00400. The zero-order chi connectivity index (χ0) is 16.2. The minimum Gasteiger partial charge on any atom is -0.329 e. The normalized spacial score (nSPS) is 12.0. The van der Waals surface area contributed by atoms with Crippen LogP contribution in [0.25, 0.3) is 0 Å². The molecular weight excluding hydrogens is 324 g/mol. The van der Waals surface area contributed by atoms with E-state index in [4.69, 9.17) is 17.3 Å². The molecule has 2 aromatic rings. The molecule has 0 fully saturated rings. The lowest BCUT2D eigenvalue weighted by Gasteiger charge is -2.21. The lowest BCUT2D eigenvalue weighted by Crippen LogP contribution is -2.37. The monoisotopic (exact) mass is 342 g/mol. The Labute approximate surface area is 135 Å². The van der Waals surface area contributed by atoms with Gasteiger partial charge in [-0.15, -0.1) is 0 Å². The molecular formula is C14H19ClN4O2S. The molecule has 1 aromatic heterocycles. The number of rotatable bonds is 7. The zero-order valence-corrected chi connectivity index (χ0v) is 13.9. The van der Waals surface area contributed by atoms with Crippen molar-refractivity contribution >= 4 is 21.6 Å². The first-order valence-corrected chi connectivity index (χ1v) is 8.70. The molecule has 0 radical (unpaired) electrons. The molecule has 8 heteroatoms. The van der Waals surface area contributed by atoms with Crippen LogP contribution in [-0.2, 0) is 23.5 Å². The van der Waals surface area contributed by atoms with E-state index < -0.39 is 10.0 Å². The van der Waals surface area contributed by atoms with E-state index in [0.717, 1.165) is 5.56 Å². The van der Waals surface area contributed by atoms with Gasteiger partial charge in [-0.25, -0.2) is 8.42 Å². The van der Waals surface area contributed by atoms with Crippen molar-refractivity contribution in [1.29, 1.82) is 0 Å². The van der Waals surface area contributed by atoms with E-state index in [1.165, 1.54) is 15.2 Å². The third-order valence-electron chi connectivity index (χ3n) is 3.30. The Kier molecular flexibility index (Phi) is 5.57. The van der Waals surface area contributed by atoms with Gasteiger partial charge in [0.05, 0.1) is 11.2 Å². The molecule has 1 aromatic carbocycles. The van der Waals surface area contributed by atoms with Crippen molar-refractivity contribution in [3.8, 4) is 0 Å². The van der Waals surface area contributed by atoms with E-state index in [1.54, 1.807) is 7.05 Å². The predicted molar refractivity (Wildman–Crippen MR) is 86.2 cm³/mol. The third-order valence-corrected chi connectivity index (χ3v) is 5.70. The van der Waals surface area contributed by atoms with E-state index in [1.807, 2.05) is 30.3 Å². The van der Waals surface area contributed by atoms with Gasteiger partial charge in [0.1, 0.15) is 0 Å². The van der Waals surface area contributed by atoms with Crippen LogP contribution in [0.1, 0.15) is 5.56 Å². The minimum atomic E-state index is -3.73. The molecule has 22 heavy (non-hydrogen) atoms. The molecule has 0 saturated carbocycles. The fourth-order valence-corrected chi connectivity index (χ4v) is 4.27. The van der Waals surface area contributed by atoms with E-state index >= 15 is 0 Å². The summed E-state index contributed by atoms with van der Waals surface area (Å²) in [6.07, 6.45) is 1.93. The van der Waals surface area contributed by atoms with E-state index in [2.05, 4.69) is 5.10 Å². The Morgan fingerprint density at radius 3 is 2.50 bits per heavy atom. The van der Waals surface area contributed by atoms with Crippen molar-refractivity contribution in [2.24, 2.45) is 12.8 Å². The standard InChI is InChI=1S/C14H19ClN4O2S/c1-18-14(13(15)11-17-18)22(20,21)19(10-8-16)9-7-12-5-3-2-4-6-12/h2-6,11H,7-10,16H2,1H3. The van der Waals surface area contributed by atoms with Crippen molar-refractivity contribution in [3.63, 3.8) is 0 Å². The third kappa shape index (κ3) is 3.67. The molecule has 0 amide bonds. The fraction of sp³-hybridized carbons (Fsp3) is 0.357. The molecule has 0 aliphatic rings. The van der Waals surface area contributed by atoms with Gasteiger partial charge in [-0.3, -0.25) is 4.68 Å². The van der Waals surface area contributed by atoms with E-state index in [0.29, 0.717) is 13.0 Å². The highest BCUT2D eigenvalue weighted by Gasteiger charge is 2.29. The van der Waals surface area contributed by atoms with Gasteiger partial charge in [-0.2, -0.15) is 9.40 Å². The topological polar surface area (TPSA) is 81.2 Å². The largest absolute Gasteiger partial charge is 0.329 e. The van der Waals surface area contributed by atoms with Crippen molar-refractivity contribution in [2.75, 3.05) is 19.6 Å².